The molecule has 0 saturated heterocycles. The molecule has 0 fully saturated rings. The van der Waals surface area contributed by atoms with Crippen LogP contribution < -0.4 is 4.13 Å². The van der Waals surface area contributed by atoms with Crippen LogP contribution in [0.3, 0.4) is 0 Å². The van der Waals surface area contributed by atoms with Crippen LogP contribution in [0.25, 0.3) is 0 Å². The Morgan fingerprint density at radius 3 is 2.26 bits per heavy atom. The molecule has 0 aliphatic heterocycles. The Balaban J connectivity index is 2.53. The van der Waals surface area contributed by atoms with Crippen molar-refractivity contribution in [3.05, 3.63) is 64.2 Å². The van der Waals surface area contributed by atoms with E-state index >= 15 is 0 Å². The monoisotopic (exact) mass is 462 g/mol. The van der Waals surface area contributed by atoms with Crippen molar-refractivity contribution in [2.75, 3.05) is 0 Å². The van der Waals surface area contributed by atoms with Gasteiger partial charge in [-0.3, -0.25) is 10.1 Å². The van der Waals surface area contributed by atoms with Gasteiger partial charge in [-0.25, -0.2) is 12.8 Å². The summed E-state index contributed by atoms with van der Waals surface area (Å²) in [6, 6.07) is 13.4. The maximum atomic E-state index is 13.0. The Kier molecular flexibility index (Phi) is 7.36. The van der Waals surface area contributed by atoms with Crippen molar-refractivity contribution >= 4 is 26.6 Å². The van der Waals surface area contributed by atoms with E-state index < -0.39 is 31.4 Å². The molecule has 0 heterocycles. The predicted octanol–water partition coefficient (Wildman–Crippen LogP) is 4.74. The third-order valence-electron chi connectivity index (χ3n) is 4.03. The largest absolute Gasteiger partial charge is 0.269 e. The van der Waals surface area contributed by atoms with Gasteiger partial charge >= 0.3 is 0 Å². The van der Waals surface area contributed by atoms with E-state index in [1.165, 1.54) is 12.1 Å². The molecule has 1 atom stereocenters. The number of benzene rings is 2. The van der Waals surface area contributed by atoms with E-state index in [0.29, 0.717) is 16.9 Å². The molecular formula is C21H26N4O4S2. The quantitative estimate of drug-likeness (QED) is 0.470. The SMILES string of the molecule is CC(C)(C)CC(C)(C)N=S(NS(=O)(=O)c1ccc([N+](=O)[O-])cc1)c1cccc(C#N)c1. The van der Waals surface area contributed by atoms with Gasteiger partial charge in [-0.05, 0) is 56.0 Å². The third-order valence-corrected chi connectivity index (χ3v) is 7.81. The average Bonchev–Trinajstić information content (AvgIpc) is 2.65. The number of sulfonamides is 1. The minimum atomic E-state index is -4.02. The van der Waals surface area contributed by atoms with Crippen molar-refractivity contribution < 1.29 is 13.3 Å². The molecule has 0 aliphatic carbocycles. The summed E-state index contributed by atoms with van der Waals surface area (Å²) in [7, 11) is -5.31. The molecule has 0 bridgehead atoms. The number of hydrogen-bond acceptors (Lipinski definition) is 6. The summed E-state index contributed by atoms with van der Waals surface area (Å²) in [6.07, 6.45) is 0.709. The molecule has 8 nitrogen and oxygen atoms in total. The van der Waals surface area contributed by atoms with E-state index in [-0.39, 0.29) is 16.0 Å². The molecule has 0 amide bonds. The van der Waals surface area contributed by atoms with Crippen LogP contribution in [-0.2, 0) is 20.9 Å². The lowest BCUT2D eigenvalue weighted by Crippen LogP contribution is -2.31. The smallest absolute Gasteiger partial charge is 0.258 e. The van der Waals surface area contributed by atoms with E-state index in [4.69, 9.17) is 4.36 Å². The molecule has 1 unspecified atom stereocenters. The summed E-state index contributed by atoms with van der Waals surface area (Å²) < 4.78 is 33.5. The fourth-order valence-electron chi connectivity index (χ4n) is 3.28. The summed E-state index contributed by atoms with van der Waals surface area (Å²) in [5, 5.41) is 20.1. The van der Waals surface area contributed by atoms with Gasteiger partial charge in [0.15, 0.2) is 0 Å². The number of hydrogen-bond donors (Lipinski definition) is 1. The van der Waals surface area contributed by atoms with Gasteiger partial charge in [-0.1, -0.05) is 26.8 Å². The van der Waals surface area contributed by atoms with Crippen molar-refractivity contribution in [3.63, 3.8) is 0 Å². The Morgan fingerprint density at radius 1 is 1.13 bits per heavy atom. The third kappa shape index (κ3) is 7.24. The number of rotatable bonds is 7. The minimum Gasteiger partial charge on any atom is -0.258 e. The molecule has 0 aliphatic rings. The molecule has 0 radical (unpaired) electrons. The van der Waals surface area contributed by atoms with Crippen LogP contribution in [0.4, 0.5) is 5.69 Å². The first-order valence-corrected chi connectivity index (χ1v) is 12.1. The van der Waals surface area contributed by atoms with Gasteiger partial charge < -0.3 is 0 Å². The molecule has 10 heteroatoms. The van der Waals surface area contributed by atoms with Gasteiger partial charge in [-0.2, -0.15) is 5.26 Å². The highest BCUT2D eigenvalue weighted by Crippen LogP contribution is 2.31. The molecule has 2 rings (SSSR count). The number of non-ortho nitro benzene ring substituents is 1. The van der Waals surface area contributed by atoms with Crippen molar-refractivity contribution in [1.29, 1.82) is 5.26 Å². The first kappa shape index (κ1) is 24.7. The maximum absolute atomic E-state index is 13.0. The Bertz CT molecular complexity index is 1140. The highest BCUT2D eigenvalue weighted by atomic mass is 32.3. The second-order valence-electron chi connectivity index (χ2n) is 8.90. The predicted molar refractivity (Wildman–Crippen MR) is 121 cm³/mol. The summed E-state index contributed by atoms with van der Waals surface area (Å²) in [5.74, 6) is 0. The molecule has 0 aromatic heterocycles. The standard InChI is InChI=1S/C21H26N4O4S2/c1-20(2,3)15-21(4,5)23-30(18-8-6-7-16(13-18)14-22)24-31(28,29)19-11-9-17(10-12-19)25(26)27/h6-13H,15H2,1-5H3,(H,23,24). The van der Waals surface area contributed by atoms with Crippen molar-refractivity contribution in [2.45, 2.75) is 56.4 Å². The number of nitro benzene ring substituents is 1. The van der Waals surface area contributed by atoms with Gasteiger partial charge in [0, 0.05) is 27.9 Å². The van der Waals surface area contributed by atoms with Crippen molar-refractivity contribution in [3.8, 4) is 6.07 Å². The van der Waals surface area contributed by atoms with E-state index in [0.717, 1.165) is 12.1 Å². The maximum Gasteiger partial charge on any atom is 0.269 e. The van der Waals surface area contributed by atoms with E-state index in [1.54, 1.807) is 24.3 Å². The summed E-state index contributed by atoms with van der Waals surface area (Å²) >= 11 is 0. The molecule has 31 heavy (non-hydrogen) atoms. The van der Waals surface area contributed by atoms with Gasteiger partial charge in [-0.15, -0.1) is 4.13 Å². The van der Waals surface area contributed by atoms with Gasteiger partial charge in [0.25, 0.3) is 15.7 Å². The molecule has 2 aromatic carbocycles. The number of nitro groups is 1. The van der Waals surface area contributed by atoms with Gasteiger partial charge in [0.2, 0.25) is 0 Å². The fourth-order valence-corrected chi connectivity index (χ4v) is 6.64. The number of nitrogens with zero attached hydrogens (tertiary/aromatic N) is 3. The van der Waals surface area contributed by atoms with Gasteiger partial charge in [0.1, 0.15) is 0 Å². The molecule has 2 aromatic rings. The Labute approximate surface area is 185 Å². The zero-order chi connectivity index (χ0) is 23.4. The van der Waals surface area contributed by atoms with Gasteiger partial charge in [0.05, 0.1) is 27.0 Å². The first-order chi connectivity index (χ1) is 14.2. The topological polar surface area (TPSA) is 125 Å². The highest BCUT2D eigenvalue weighted by Gasteiger charge is 2.27. The molecule has 0 spiro atoms. The van der Waals surface area contributed by atoms with Crippen LogP contribution in [0.1, 0.15) is 46.6 Å². The summed E-state index contributed by atoms with van der Waals surface area (Å²) in [4.78, 5) is 10.7. The zero-order valence-corrected chi connectivity index (χ0v) is 19.8. The van der Waals surface area contributed by atoms with E-state index in [1.807, 2.05) is 13.8 Å². The van der Waals surface area contributed by atoms with Crippen LogP contribution >= 0.6 is 0 Å². The average molecular weight is 463 g/mol. The van der Waals surface area contributed by atoms with Crippen LogP contribution in [0.15, 0.2) is 62.7 Å². The number of nitriles is 1. The van der Waals surface area contributed by atoms with Crippen LogP contribution in [0, 0.1) is 26.9 Å². The summed E-state index contributed by atoms with van der Waals surface area (Å²) in [5.41, 5.74) is -0.389. The number of nitrogens with one attached hydrogen (secondary N) is 1. The Morgan fingerprint density at radius 2 is 1.74 bits per heavy atom. The normalized spacial score (nSPS) is 13.5. The first-order valence-electron chi connectivity index (χ1n) is 9.47. The summed E-state index contributed by atoms with van der Waals surface area (Å²) in [6.45, 7) is 10.1. The zero-order valence-electron chi connectivity index (χ0n) is 18.1. The lowest BCUT2D eigenvalue weighted by molar-refractivity contribution is -0.384. The Hall–Kier alpha value is -2.61. The van der Waals surface area contributed by atoms with Crippen molar-refractivity contribution in [2.24, 2.45) is 9.78 Å². The van der Waals surface area contributed by atoms with Crippen molar-refractivity contribution in [1.82, 2.24) is 4.13 Å². The van der Waals surface area contributed by atoms with E-state index in [9.17, 15) is 23.8 Å². The highest BCUT2D eigenvalue weighted by molar-refractivity contribution is 8.02. The molecule has 1 N–H and O–H groups in total. The minimum absolute atomic E-state index is 0.0340. The lowest BCUT2D eigenvalue weighted by atomic mass is 9.82. The van der Waals surface area contributed by atoms with E-state index in [2.05, 4.69) is 31.0 Å². The van der Waals surface area contributed by atoms with Crippen LogP contribution in [-0.4, -0.2) is 18.9 Å². The second-order valence-corrected chi connectivity index (χ2v) is 12.3. The second kappa shape index (κ2) is 9.26. The van der Waals surface area contributed by atoms with Crippen LogP contribution in [0.5, 0.6) is 0 Å². The molecular weight excluding hydrogens is 436 g/mol. The molecule has 0 saturated carbocycles. The van der Waals surface area contributed by atoms with Crippen LogP contribution in [0.2, 0.25) is 0 Å². The lowest BCUT2D eigenvalue weighted by Gasteiger charge is -2.30. The fraction of sp³-hybridized carbons (Fsp3) is 0.381. The molecule has 166 valence electrons.